The Bertz CT molecular complexity index is 1040. The van der Waals surface area contributed by atoms with E-state index in [0.717, 1.165) is 16.8 Å². The van der Waals surface area contributed by atoms with Crippen LogP contribution >= 0.6 is 0 Å². The van der Waals surface area contributed by atoms with Crippen molar-refractivity contribution in [2.75, 3.05) is 19.5 Å². The van der Waals surface area contributed by atoms with Crippen molar-refractivity contribution < 1.29 is 14.3 Å². The van der Waals surface area contributed by atoms with Gasteiger partial charge < -0.3 is 19.7 Å². The normalized spacial score (nSPS) is 18.0. The summed E-state index contributed by atoms with van der Waals surface area (Å²) in [6.45, 7) is 2.47. The Morgan fingerprint density at radius 1 is 0.931 bits per heavy atom. The number of carbonyl (C=O) groups excluding carboxylic acids is 1. The van der Waals surface area contributed by atoms with Crippen LogP contribution in [-0.2, 0) is 12.2 Å². The second kappa shape index (κ2) is 7.51. The minimum atomic E-state index is -0.807. The highest BCUT2D eigenvalue weighted by Crippen LogP contribution is 2.43. The van der Waals surface area contributed by atoms with Gasteiger partial charge >= 0.3 is 0 Å². The van der Waals surface area contributed by atoms with E-state index in [2.05, 4.69) is 5.32 Å². The number of rotatable bonds is 5. The molecule has 0 aromatic heterocycles. The van der Waals surface area contributed by atoms with Crippen LogP contribution in [0.4, 0.5) is 5.69 Å². The third kappa shape index (κ3) is 3.29. The van der Waals surface area contributed by atoms with E-state index in [1.165, 1.54) is 0 Å². The molecule has 0 saturated carbocycles. The minimum absolute atomic E-state index is 0.0245. The molecule has 5 nitrogen and oxygen atoms in total. The molecule has 3 aromatic rings. The van der Waals surface area contributed by atoms with Crippen molar-refractivity contribution in [3.8, 4) is 11.5 Å². The Balaban J connectivity index is 1.87. The summed E-state index contributed by atoms with van der Waals surface area (Å²) in [4.78, 5) is 15.4. The number of amides is 1. The molecule has 0 bridgehead atoms. The monoisotopic (exact) mass is 388 g/mol. The third-order valence-electron chi connectivity index (χ3n) is 5.44. The van der Waals surface area contributed by atoms with Crippen LogP contribution < -0.4 is 14.8 Å². The number of nitrogens with zero attached hydrogens (tertiary/aromatic N) is 1. The molecule has 0 saturated heterocycles. The van der Waals surface area contributed by atoms with Gasteiger partial charge in [-0.3, -0.25) is 4.79 Å². The van der Waals surface area contributed by atoms with E-state index in [4.69, 9.17) is 9.47 Å². The van der Waals surface area contributed by atoms with Gasteiger partial charge in [0.05, 0.1) is 19.8 Å². The van der Waals surface area contributed by atoms with Gasteiger partial charge in [0.15, 0.2) is 0 Å². The fourth-order valence-electron chi connectivity index (χ4n) is 3.87. The molecule has 1 aliphatic heterocycles. The lowest BCUT2D eigenvalue weighted by Gasteiger charge is -2.47. The molecule has 1 atom stereocenters. The molecule has 1 unspecified atom stereocenters. The number of hydrogen-bond acceptors (Lipinski definition) is 4. The topological polar surface area (TPSA) is 50.8 Å². The molecule has 4 rings (SSSR count). The standard InChI is InChI=1S/C24H24N2O3/c1-24(20-14-13-18(28-2)15-22(20)29-3)25-21-12-8-7-11-19(21)23(27)26(24)16-17-9-5-4-6-10-17/h4-15,25H,16H2,1-3H3. The lowest BCUT2D eigenvalue weighted by Crippen LogP contribution is -2.55. The van der Waals surface area contributed by atoms with Gasteiger partial charge in [0, 0.05) is 23.9 Å². The van der Waals surface area contributed by atoms with E-state index < -0.39 is 5.66 Å². The van der Waals surface area contributed by atoms with Crippen LogP contribution in [0.25, 0.3) is 0 Å². The molecule has 5 heteroatoms. The van der Waals surface area contributed by atoms with E-state index in [-0.39, 0.29) is 5.91 Å². The summed E-state index contributed by atoms with van der Waals surface area (Å²) < 4.78 is 11.0. The lowest BCUT2D eigenvalue weighted by atomic mass is 9.92. The summed E-state index contributed by atoms with van der Waals surface area (Å²) in [5.41, 5.74) is 2.58. The summed E-state index contributed by atoms with van der Waals surface area (Å²) in [5.74, 6) is 1.33. The van der Waals surface area contributed by atoms with Crippen LogP contribution in [0, 0.1) is 0 Å². The zero-order valence-corrected chi connectivity index (χ0v) is 16.8. The highest BCUT2D eigenvalue weighted by molar-refractivity contribution is 6.02. The van der Waals surface area contributed by atoms with Crippen LogP contribution in [0.15, 0.2) is 72.8 Å². The van der Waals surface area contributed by atoms with Crippen molar-refractivity contribution in [1.82, 2.24) is 4.90 Å². The first-order valence-corrected chi connectivity index (χ1v) is 9.52. The van der Waals surface area contributed by atoms with Gasteiger partial charge in [-0.25, -0.2) is 0 Å². The summed E-state index contributed by atoms with van der Waals surface area (Å²) in [5, 5.41) is 3.59. The quantitative estimate of drug-likeness (QED) is 0.692. The second-order valence-electron chi connectivity index (χ2n) is 7.19. The number of methoxy groups -OCH3 is 2. The van der Waals surface area contributed by atoms with E-state index in [1.807, 2.05) is 84.6 Å². The van der Waals surface area contributed by atoms with Crippen molar-refractivity contribution in [1.29, 1.82) is 0 Å². The first-order chi connectivity index (χ1) is 14.1. The van der Waals surface area contributed by atoms with Crippen molar-refractivity contribution in [3.63, 3.8) is 0 Å². The molecule has 1 amide bonds. The van der Waals surface area contributed by atoms with Gasteiger partial charge in [-0.05, 0) is 36.8 Å². The zero-order chi connectivity index (χ0) is 20.4. The van der Waals surface area contributed by atoms with Gasteiger partial charge in [-0.1, -0.05) is 42.5 Å². The Kier molecular flexibility index (Phi) is 4.89. The number of fused-ring (bicyclic) bond motifs is 1. The first-order valence-electron chi connectivity index (χ1n) is 9.52. The molecule has 1 aliphatic rings. The van der Waals surface area contributed by atoms with Crippen LogP contribution in [0.3, 0.4) is 0 Å². The molecule has 29 heavy (non-hydrogen) atoms. The number of anilines is 1. The highest BCUT2D eigenvalue weighted by Gasteiger charge is 2.44. The molecule has 1 heterocycles. The summed E-state index contributed by atoms with van der Waals surface area (Å²) >= 11 is 0. The molecular formula is C24H24N2O3. The van der Waals surface area contributed by atoms with Crippen molar-refractivity contribution in [2.45, 2.75) is 19.1 Å². The third-order valence-corrected chi connectivity index (χ3v) is 5.44. The van der Waals surface area contributed by atoms with Crippen molar-refractivity contribution >= 4 is 11.6 Å². The largest absolute Gasteiger partial charge is 0.497 e. The maximum atomic E-state index is 13.6. The number of carbonyl (C=O) groups is 1. The Morgan fingerprint density at radius 3 is 2.38 bits per heavy atom. The zero-order valence-electron chi connectivity index (χ0n) is 16.8. The smallest absolute Gasteiger partial charge is 0.258 e. The summed E-state index contributed by atoms with van der Waals surface area (Å²) in [6, 6.07) is 23.3. The van der Waals surface area contributed by atoms with E-state index in [9.17, 15) is 4.79 Å². The highest BCUT2D eigenvalue weighted by atomic mass is 16.5. The Hall–Kier alpha value is -3.47. The first kappa shape index (κ1) is 18.9. The molecule has 0 radical (unpaired) electrons. The van der Waals surface area contributed by atoms with Gasteiger partial charge in [-0.15, -0.1) is 0 Å². The van der Waals surface area contributed by atoms with Gasteiger partial charge in [0.2, 0.25) is 0 Å². The second-order valence-corrected chi connectivity index (χ2v) is 7.19. The van der Waals surface area contributed by atoms with Crippen LogP contribution in [-0.4, -0.2) is 25.0 Å². The average molecular weight is 388 g/mol. The molecule has 3 aromatic carbocycles. The number of hydrogen-bond donors (Lipinski definition) is 1. The molecule has 0 fully saturated rings. The Morgan fingerprint density at radius 2 is 1.66 bits per heavy atom. The average Bonchev–Trinajstić information content (AvgIpc) is 2.77. The summed E-state index contributed by atoms with van der Waals surface area (Å²) in [7, 11) is 3.25. The number of ether oxygens (including phenoxy) is 2. The van der Waals surface area contributed by atoms with Crippen LogP contribution in [0.2, 0.25) is 0 Å². The minimum Gasteiger partial charge on any atom is -0.497 e. The SMILES string of the molecule is COc1ccc(C2(C)Nc3ccccc3C(=O)N2Cc2ccccc2)c(OC)c1. The predicted octanol–water partition coefficient (Wildman–Crippen LogP) is 4.64. The van der Waals surface area contributed by atoms with Crippen LogP contribution in [0.5, 0.6) is 11.5 Å². The van der Waals surface area contributed by atoms with E-state index in [0.29, 0.717) is 23.6 Å². The maximum absolute atomic E-state index is 13.6. The number of benzene rings is 3. The van der Waals surface area contributed by atoms with Gasteiger partial charge in [-0.2, -0.15) is 0 Å². The molecule has 1 N–H and O–H groups in total. The van der Waals surface area contributed by atoms with Crippen LogP contribution in [0.1, 0.15) is 28.4 Å². The fraction of sp³-hybridized carbons (Fsp3) is 0.208. The lowest BCUT2D eigenvalue weighted by molar-refractivity contribution is 0.0504. The van der Waals surface area contributed by atoms with E-state index in [1.54, 1.807) is 14.2 Å². The number of para-hydroxylation sites is 1. The van der Waals surface area contributed by atoms with Crippen molar-refractivity contribution in [3.05, 3.63) is 89.5 Å². The molecule has 148 valence electrons. The Labute approximate surface area is 170 Å². The van der Waals surface area contributed by atoms with Gasteiger partial charge in [0.25, 0.3) is 5.91 Å². The number of nitrogens with one attached hydrogen (secondary N) is 1. The predicted molar refractivity (Wildman–Crippen MR) is 113 cm³/mol. The van der Waals surface area contributed by atoms with E-state index >= 15 is 0 Å². The van der Waals surface area contributed by atoms with Gasteiger partial charge in [0.1, 0.15) is 17.2 Å². The summed E-state index contributed by atoms with van der Waals surface area (Å²) in [6.07, 6.45) is 0. The fourth-order valence-corrected chi connectivity index (χ4v) is 3.87. The molecule has 0 aliphatic carbocycles. The molecule has 0 spiro atoms. The molecular weight excluding hydrogens is 364 g/mol. The maximum Gasteiger partial charge on any atom is 0.258 e. The van der Waals surface area contributed by atoms with Crippen molar-refractivity contribution in [2.24, 2.45) is 0 Å².